The first-order chi connectivity index (χ1) is 9.17. The van der Waals surface area contributed by atoms with Gasteiger partial charge in [-0.3, -0.25) is 0 Å². The molecule has 2 heterocycles. The normalized spacial score (nSPS) is 19.3. The van der Waals surface area contributed by atoms with Crippen molar-refractivity contribution in [2.45, 2.75) is 51.0 Å². The van der Waals surface area contributed by atoms with Crippen LogP contribution < -0.4 is 5.73 Å². The van der Waals surface area contributed by atoms with E-state index in [1.807, 2.05) is 13.0 Å². The maximum absolute atomic E-state index is 6.47. The van der Waals surface area contributed by atoms with Crippen LogP contribution in [0.1, 0.15) is 50.1 Å². The maximum Gasteiger partial charge on any atom is 0.261 e. The van der Waals surface area contributed by atoms with E-state index >= 15 is 0 Å². The predicted octanol–water partition coefficient (Wildman–Crippen LogP) is 3.15. The summed E-state index contributed by atoms with van der Waals surface area (Å²) < 4.78 is 10.6. The molecule has 0 amide bonds. The lowest BCUT2D eigenvalue weighted by Gasteiger charge is -2.23. The lowest BCUT2D eigenvalue weighted by atomic mass is 9.91. The first kappa shape index (κ1) is 12.4. The minimum Gasteiger partial charge on any atom is -0.469 e. The third-order valence-corrected chi connectivity index (χ3v) is 3.84. The van der Waals surface area contributed by atoms with Crippen LogP contribution in [0.2, 0.25) is 0 Å². The number of hydrogen-bond acceptors (Lipinski definition) is 5. The highest BCUT2D eigenvalue weighted by molar-refractivity contribution is 5.51. The highest BCUT2D eigenvalue weighted by Crippen LogP contribution is 2.33. The monoisotopic (exact) mass is 261 g/mol. The van der Waals surface area contributed by atoms with Crippen molar-refractivity contribution in [2.24, 2.45) is 5.73 Å². The van der Waals surface area contributed by atoms with E-state index < -0.39 is 5.54 Å². The van der Waals surface area contributed by atoms with Crippen LogP contribution in [0, 0.1) is 6.92 Å². The number of nitrogens with zero attached hydrogens (tertiary/aromatic N) is 2. The zero-order valence-corrected chi connectivity index (χ0v) is 11.2. The zero-order chi connectivity index (χ0) is 13.3. The van der Waals surface area contributed by atoms with Crippen molar-refractivity contribution < 1.29 is 8.94 Å². The van der Waals surface area contributed by atoms with E-state index in [1.165, 1.54) is 12.8 Å². The largest absolute Gasteiger partial charge is 0.469 e. The number of aryl methyl sites for hydroxylation is 1. The first-order valence-corrected chi connectivity index (χ1v) is 6.86. The lowest BCUT2D eigenvalue weighted by Crippen LogP contribution is -2.37. The highest BCUT2D eigenvalue weighted by Gasteiger charge is 2.33. The number of aromatic nitrogens is 2. The van der Waals surface area contributed by atoms with Gasteiger partial charge in [0.25, 0.3) is 5.89 Å². The molecule has 0 atom stereocenters. The molecule has 5 heteroatoms. The molecule has 0 aromatic carbocycles. The van der Waals surface area contributed by atoms with Crippen molar-refractivity contribution in [1.82, 2.24) is 10.1 Å². The fourth-order valence-electron chi connectivity index (χ4n) is 2.68. The van der Waals surface area contributed by atoms with Gasteiger partial charge in [-0.25, -0.2) is 0 Å². The van der Waals surface area contributed by atoms with Gasteiger partial charge in [0.1, 0.15) is 12.0 Å². The van der Waals surface area contributed by atoms with Crippen molar-refractivity contribution in [3.05, 3.63) is 23.9 Å². The summed E-state index contributed by atoms with van der Waals surface area (Å²) in [5.74, 6) is 1.94. The SMILES string of the molecule is Cc1cc(-c2nc(C3(N)CCCCCC3)no2)co1. The molecule has 2 aromatic rings. The zero-order valence-electron chi connectivity index (χ0n) is 11.2. The average Bonchev–Trinajstić information content (AvgIpc) is 2.97. The van der Waals surface area contributed by atoms with Gasteiger partial charge in [0.05, 0.1) is 11.1 Å². The second-order valence-corrected chi connectivity index (χ2v) is 5.44. The summed E-state index contributed by atoms with van der Waals surface area (Å²) in [5, 5.41) is 4.09. The third kappa shape index (κ3) is 2.42. The van der Waals surface area contributed by atoms with Gasteiger partial charge >= 0.3 is 0 Å². The summed E-state index contributed by atoms with van der Waals surface area (Å²) in [6.07, 6.45) is 8.22. The van der Waals surface area contributed by atoms with Crippen molar-refractivity contribution in [3.8, 4) is 11.5 Å². The average molecular weight is 261 g/mol. The van der Waals surface area contributed by atoms with Crippen LogP contribution in [-0.2, 0) is 5.54 Å². The molecule has 19 heavy (non-hydrogen) atoms. The molecular weight excluding hydrogens is 242 g/mol. The van der Waals surface area contributed by atoms with E-state index in [1.54, 1.807) is 6.26 Å². The Hall–Kier alpha value is -1.62. The molecule has 1 aliphatic carbocycles. The van der Waals surface area contributed by atoms with E-state index in [2.05, 4.69) is 10.1 Å². The molecule has 2 N–H and O–H groups in total. The number of hydrogen-bond donors (Lipinski definition) is 1. The minimum atomic E-state index is -0.434. The van der Waals surface area contributed by atoms with E-state index in [4.69, 9.17) is 14.7 Å². The standard InChI is InChI=1S/C14H19N3O2/c1-10-8-11(9-18-10)12-16-13(17-19-12)14(15)6-4-2-3-5-7-14/h8-9H,2-7,15H2,1H3. The van der Waals surface area contributed by atoms with Crippen LogP contribution in [-0.4, -0.2) is 10.1 Å². The van der Waals surface area contributed by atoms with Gasteiger partial charge in [0, 0.05) is 0 Å². The molecule has 0 aliphatic heterocycles. The second kappa shape index (κ2) is 4.81. The number of nitrogens with two attached hydrogens (primary N) is 1. The lowest BCUT2D eigenvalue weighted by molar-refractivity contribution is 0.334. The Morgan fingerprint density at radius 2 is 1.95 bits per heavy atom. The van der Waals surface area contributed by atoms with Crippen LogP contribution in [0.4, 0.5) is 0 Å². The van der Waals surface area contributed by atoms with Crippen LogP contribution >= 0.6 is 0 Å². The molecule has 5 nitrogen and oxygen atoms in total. The Balaban J connectivity index is 1.87. The van der Waals surface area contributed by atoms with Gasteiger partial charge in [-0.1, -0.05) is 30.8 Å². The van der Waals surface area contributed by atoms with Gasteiger partial charge in [-0.05, 0) is 25.8 Å². The molecule has 2 aromatic heterocycles. The van der Waals surface area contributed by atoms with Crippen molar-refractivity contribution in [2.75, 3.05) is 0 Å². The van der Waals surface area contributed by atoms with E-state index in [9.17, 15) is 0 Å². The number of rotatable bonds is 2. The molecule has 0 radical (unpaired) electrons. The Bertz CT molecular complexity index is 551. The molecule has 0 saturated heterocycles. The molecule has 102 valence electrons. The van der Waals surface area contributed by atoms with Gasteiger partial charge in [0.2, 0.25) is 0 Å². The molecule has 3 rings (SSSR count). The second-order valence-electron chi connectivity index (χ2n) is 5.44. The van der Waals surface area contributed by atoms with Crippen LogP contribution in [0.5, 0.6) is 0 Å². The Morgan fingerprint density at radius 1 is 1.21 bits per heavy atom. The van der Waals surface area contributed by atoms with E-state index in [0.717, 1.165) is 37.0 Å². The summed E-state index contributed by atoms with van der Waals surface area (Å²) in [6.45, 7) is 1.89. The Morgan fingerprint density at radius 3 is 2.58 bits per heavy atom. The topological polar surface area (TPSA) is 78.1 Å². The fraction of sp³-hybridized carbons (Fsp3) is 0.571. The van der Waals surface area contributed by atoms with Crippen LogP contribution in [0.15, 0.2) is 21.3 Å². The summed E-state index contributed by atoms with van der Waals surface area (Å²) >= 11 is 0. The minimum absolute atomic E-state index is 0.434. The first-order valence-electron chi connectivity index (χ1n) is 6.86. The molecular formula is C14H19N3O2. The van der Waals surface area contributed by atoms with E-state index in [-0.39, 0.29) is 0 Å². The molecule has 1 saturated carbocycles. The Labute approximate surface area is 112 Å². The van der Waals surface area contributed by atoms with Crippen molar-refractivity contribution >= 4 is 0 Å². The molecule has 1 aliphatic rings. The maximum atomic E-state index is 6.47. The van der Waals surface area contributed by atoms with Gasteiger partial charge < -0.3 is 14.7 Å². The van der Waals surface area contributed by atoms with Crippen molar-refractivity contribution in [3.63, 3.8) is 0 Å². The quantitative estimate of drug-likeness (QED) is 0.840. The smallest absolute Gasteiger partial charge is 0.261 e. The van der Waals surface area contributed by atoms with Crippen molar-refractivity contribution in [1.29, 1.82) is 0 Å². The molecule has 0 spiro atoms. The summed E-state index contributed by atoms with van der Waals surface area (Å²) in [7, 11) is 0. The summed E-state index contributed by atoms with van der Waals surface area (Å²) in [4.78, 5) is 4.47. The third-order valence-electron chi connectivity index (χ3n) is 3.84. The molecule has 0 bridgehead atoms. The fourth-order valence-corrected chi connectivity index (χ4v) is 2.68. The highest BCUT2D eigenvalue weighted by atomic mass is 16.5. The predicted molar refractivity (Wildman–Crippen MR) is 70.3 cm³/mol. The van der Waals surface area contributed by atoms with Gasteiger partial charge in [0.15, 0.2) is 5.82 Å². The number of furan rings is 1. The summed E-state index contributed by atoms with van der Waals surface area (Å²) in [6, 6.07) is 1.88. The summed E-state index contributed by atoms with van der Waals surface area (Å²) in [5.41, 5.74) is 6.85. The molecule has 0 unspecified atom stereocenters. The van der Waals surface area contributed by atoms with Crippen LogP contribution in [0.3, 0.4) is 0 Å². The van der Waals surface area contributed by atoms with Gasteiger partial charge in [-0.2, -0.15) is 4.98 Å². The van der Waals surface area contributed by atoms with Crippen LogP contribution in [0.25, 0.3) is 11.5 Å². The molecule has 1 fully saturated rings. The Kier molecular flexibility index (Phi) is 3.14. The van der Waals surface area contributed by atoms with Gasteiger partial charge in [-0.15, -0.1) is 0 Å². The van der Waals surface area contributed by atoms with E-state index in [0.29, 0.717) is 11.7 Å².